The van der Waals surface area contributed by atoms with E-state index < -0.39 is 0 Å². The van der Waals surface area contributed by atoms with Gasteiger partial charge in [-0.2, -0.15) is 11.8 Å². The van der Waals surface area contributed by atoms with Crippen molar-refractivity contribution in [2.75, 3.05) is 25.4 Å². The zero-order chi connectivity index (χ0) is 12.9. The molecule has 0 bridgehead atoms. The fraction of sp³-hybridized carbons (Fsp3) is 1.00. The van der Waals surface area contributed by atoms with Crippen molar-refractivity contribution in [3.05, 3.63) is 0 Å². The highest BCUT2D eigenvalue weighted by Crippen LogP contribution is 2.24. The second kappa shape index (κ2) is 7.01. The van der Waals surface area contributed by atoms with E-state index in [0.717, 1.165) is 17.8 Å². The molecule has 1 fully saturated rings. The van der Waals surface area contributed by atoms with Crippen molar-refractivity contribution in [1.29, 1.82) is 0 Å². The van der Waals surface area contributed by atoms with Crippen molar-refractivity contribution in [2.45, 2.75) is 64.3 Å². The minimum absolute atomic E-state index is 0.267. The van der Waals surface area contributed by atoms with E-state index >= 15 is 0 Å². The number of rotatable bonds is 5. The van der Waals surface area contributed by atoms with E-state index in [2.05, 4.69) is 56.6 Å². The van der Waals surface area contributed by atoms with Gasteiger partial charge in [0.1, 0.15) is 0 Å². The molecule has 102 valence electrons. The normalized spacial score (nSPS) is 27.4. The lowest BCUT2D eigenvalue weighted by atomic mass is 10.1. The Labute approximate surface area is 112 Å². The Hall–Kier alpha value is 0.270. The third kappa shape index (κ3) is 6.12. The van der Waals surface area contributed by atoms with Gasteiger partial charge in [-0.3, -0.25) is 4.90 Å². The molecule has 1 saturated heterocycles. The van der Waals surface area contributed by atoms with E-state index in [1.54, 1.807) is 0 Å². The molecule has 2 atom stereocenters. The van der Waals surface area contributed by atoms with Crippen LogP contribution >= 0.6 is 11.8 Å². The van der Waals surface area contributed by atoms with Gasteiger partial charge < -0.3 is 5.32 Å². The number of unbranched alkanes of at least 4 members (excludes halogenated alkanes) is 1. The first-order chi connectivity index (χ1) is 7.90. The predicted octanol–water partition coefficient (Wildman–Crippen LogP) is 2.98. The number of nitrogens with zero attached hydrogens (tertiary/aromatic N) is 1. The van der Waals surface area contributed by atoms with Crippen molar-refractivity contribution in [3.63, 3.8) is 0 Å². The van der Waals surface area contributed by atoms with Gasteiger partial charge in [0.15, 0.2) is 0 Å². The van der Waals surface area contributed by atoms with Gasteiger partial charge in [-0.25, -0.2) is 0 Å². The molecule has 17 heavy (non-hydrogen) atoms. The Morgan fingerprint density at radius 1 is 1.24 bits per heavy atom. The van der Waals surface area contributed by atoms with Gasteiger partial charge in [0.2, 0.25) is 0 Å². The van der Waals surface area contributed by atoms with Crippen molar-refractivity contribution in [2.24, 2.45) is 0 Å². The van der Waals surface area contributed by atoms with Gasteiger partial charge in [-0.1, -0.05) is 6.92 Å². The maximum atomic E-state index is 3.56. The largest absolute Gasteiger partial charge is 0.312 e. The molecule has 0 aliphatic carbocycles. The first-order valence-corrected chi connectivity index (χ1v) is 8.06. The Balaban J connectivity index is 2.10. The van der Waals surface area contributed by atoms with Crippen LogP contribution in [0, 0.1) is 0 Å². The molecule has 0 aromatic carbocycles. The lowest BCUT2D eigenvalue weighted by Crippen LogP contribution is -2.45. The molecule has 3 heteroatoms. The highest BCUT2D eigenvalue weighted by Gasteiger charge is 2.24. The van der Waals surface area contributed by atoms with Crippen molar-refractivity contribution in [3.8, 4) is 0 Å². The molecule has 0 aromatic heterocycles. The summed E-state index contributed by atoms with van der Waals surface area (Å²) in [6.07, 6.45) is 2.62. The molecular formula is C14H30N2S. The van der Waals surface area contributed by atoms with Crippen LogP contribution in [0.3, 0.4) is 0 Å². The van der Waals surface area contributed by atoms with E-state index in [9.17, 15) is 0 Å². The van der Waals surface area contributed by atoms with Crippen molar-refractivity contribution < 1.29 is 0 Å². The van der Waals surface area contributed by atoms with Gasteiger partial charge in [0, 0.05) is 29.1 Å². The second-order valence-electron chi connectivity index (χ2n) is 6.24. The molecule has 0 amide bonds. The van der Waals surface area contributed by atoms with Crippen molar-refractivity contribution in [1.82, 2.24) is 10.2 Å². The summed E-state index contributed by atoms with van der Waals surface area (Å²) in [5.41, 5.74) is 0.267. The topological polar surface area (TPSA) is 15.3 Å². The van der Waals surface area contributed by atoms with E-state index in [1.165, 1.54) is 31.7 Å². The summed E-state index contributed by atoms with van der Waals surface area (Å²) < 4.78 is 0. The molecule has 2 unspecified atom stereocenters. The zero-order valence-corrected chi connectivity index (χ0v) is 13.1. The van der Waals surface area contributed by atoms with Gasteiger partial charge in [-0.05, 0) is 53.6 Å². The molecule has 1 aliphatic rings. The Morgan fingerprint density at radius 3 is 2.59 bits per heavy atom. The summed E-state index contributed by atoms with van der Waals surface area (Å²) >= 11 is 2.12. The maximum Gasteiger partial charge on any atom is 0.0184 e. The van der Waals surface area contributed by atoms with Crippen LogP contribution in [-0.4, -0.2) is 47.1 Å². The van der Waals surface area contributed by atoms with Gasteiger partial charge in [-0.15, -0.1) is 0 Å². The number of hydrogen-bond acceptors (Lipinski definition) is 3. The predicted molar refractivity (Wildman–Crippen MR) is 79.9 cm³/mol. The molecular weight excluding hydrogens is 228 g/mol. The lowest BCUT2D eigenvalue weighted by Gasteiger charge is -2.37. The highest BCUT2D eigenvalue weighted by molar-refractivity contribution is 8.00. The molecule has 2 nitrogen and oxygen atoms in total. The van der Waals surface area contributed by atoms with Crippen LogP contribution in [0.4, 0.5) is 0 Å². The third-order valence-electron chi connectivity index (χ3n) is 3.54. The standard InChI is InChI=1S/C14H30N2S/c1-12-13(2)17-11-10-16(12)9-7-6-8-15-14(3,4)5/h12-13,15H,6-11H2,1-5H3. The lowest BCUT2D eigenvalue weighted by molar-refractivity contribution is 0.208. The first kappa shape index (κ1) is 15.3. The van der Waals surface area contributed by atoms with E-state index in [-0.39, 0.29) is 5.54 Å². The average molecular weight is 258 g/mol. The molecule has 0 radical (unpaired) electrons. The summed E-state index contributed by atoms with van der Waals surface area (Å²) in [7, 11) is 0. The molecule has 0 saturated carbocycles. The summed E-state index contributed by atoms with van der Waals surface area (Å²) in [6, 6.07) is 0.754. The van der Waals surface area contributed by atoms with Crippen LogP contribution in [0.15, 0.2) is 0 Å². The molecule has 0 aromatic rings. The summed E-state index contributed by atoms with van der Waals surface area (Å²) in [5, 5.41) is 4.36. The number of thioether (sulfide) groups is 1. The third-order valence-corrected chi connectivity index (χ3v) is 4.88. The Kier molecular flexibility index (Phi) is 6.32. The average Bonchev–Trinajstić information content (AvgIpc) is 2.22. The second-order valence-corrected chi connectivity index (χ2v) is 7.72. The van der Waals surface area contributed by atoms with Gasteiger partial charge >= 0.3 is 0 Å². The van der Waals surface area contributed by atoms with Crippen LogP contribution < -0.4 is 5.32 Å². The highest BCUT2D eigenvalue weighted by atomic mass is 32.2. The van der Waals surface area contributed by atoms with Crippen molar-refractivity contribution >= 4 is 11.8 Å². The van der Waals surface area contributed by atoms with E-state index in [0.29, 0.717) is 0 Å². The van der Waals surface area contributed by atoms with Gasteiger partial charge in [0.05, 0.1) is 0 Å². The van der Waals surface area contributed by atoms with Crippen LogP contribution in [0.1, 0.15) is 47.5 Å². The first-order valence-electron chi connectivity index (χ1n) is 7.01. The summed E-state index contributed by atoms with van der Waals surface area (Å²) in [4.78, 5) is 2.66. The SMILES string of the molecule is CC1SCCN(CCCCNC(C)(C)C)C1C. The van der Waals surface area contributed by atoms with Gasteiger partial charge in [0.25, 0.3) is 0 Å². The minimum atomic E-state index is 0.267. The minimum Gasteiger partial charge on any atom is -0.312 e. The Bertz CT molecular complexity index is 213. The Morgan fingerprint density at radius 2 is 1.94 bits per heavy atom. The zero-order valence-electron chi connectivity index (χ0n) is 12.3. The van der Waals surface area contributed by atoms with Crippen LogP contribution in [0.5, 0.6) is 0 Å². The van der Waals surface area contributed by atoms with Crippen LogP contribution in [-0.2, 0) is 0 Å². The van der Waals surface area contributed by atoms with Crippen LogP contribution in [0.25, 0.3) is 0 Å². The molecule has 1 rings (SSSR count). The fourth-order valence-electron chi connectivity index (χ4n) is 2.21. The molecule has 1 aliphatic heterocycles. The smallest absolute Gasteiger partial charge is 0.0184 e. The van der Waals surface area contributed by atoms with Crippen LogP contribution in [0.2, 0.25) is 0 Å². The number of hydrogen-bond donors (Lipinski definition) is 1. The van der Waals surface area contributed by atoms with E-state index in [1.807, 2.05) is 0 Å². The molecule has 0 spiro atoms. The quantitative estimate of drug-likeness (QED) is 0.763. The molecule has 1 heterocycles. The fourth-order valence-corrected chi connectivity index (χ4v) is 3.38. The number of nitrogens with one attached hydrogen (secondary N) is 1. The maximum absolute atomic E-state index is 3.56. The monoisotopic (exact) mass is 258 g/mol. The van der Waals surface area contributed by atoms with E-state index in [4.69, 9.17) is 0 Å². The summed E-state index contributed by atoms with van der Waals surface area (Å²) in [5.74, 6) is 1.31. The molecule has 1 N–H and O–H groups in total. The summed E-state index contributed by atoms with van der Waals surface area (Å²) in [6.45, 7) is 15.2.